The summed E-state index contributed by atoms with van der Waals surface area (Å²) in [7, 11) is 0. The number of amides is 4. The van der Waals surface area contributed by atoms with Gasteiger partial charge in [0.25, 0.3) is 5.91 Å². The first-order valence-electron chi connectivity index (χ1n) is 9.17. The highest BCUT2D eigenvalue weighted by Gasteiger charge is 2.52. The van der Waals surface area contributed by atoms with Gasteiger partial charge in [0.2, 0.25) is 5.91 Å². The van der Waals surface area contributed by atoms with Crippen LogP contribution in [0.1, 0.15) is 37.4 Å². The Bertz CT molecular complexity index is 715. The van der Waals surface area contributed by atoms with E-state index in [2.05, 4.69) is 5.32 Å². The maximum absolute atomic E-state index is 12.7. The zero-order valence-electron chi connectivity index (χ0n) is 14.6. The Morgan fingerprint density at radius 2 is 1.92 bits per heavy atom. The lowest BCUT2D eigenvalue weighted by Crippen LogP contribution is -2.49. The normalized spacial score (nSPS) is 25.0. The molecule has 0 bridgehead atoms. The summed E-state index contributed by atoms with van der Waals surface area (Å²) in [6.07, 6.45) is 3.00. The van der Waals surface area contributed by atoms with Gasteiger partial charge < -0.3 is 15.0 Å². The Morgan fingerprint density at radius 1 is 1.19 bits per heavy atom. The van der Waals surface area contributed by atoms with Crippen molar-refractivity contribution in [2.45, 2.75) is 37.3 Å². The van der Waals surface area contributed by atoms with Crippen molar-refractivity contribution in [2.75, 3.05) is 26.2 Å². The van der Waals surface area contributed by atoms with Crippen LogP contribution in [0, 0.1) is 0 Å². The van der Waals surface area contributed by atoms with Crippen LogP contribution in [0.4, 0.5) is 4.79 Å². The summed E-state index contributed by atoms with van der Waals surface area (Å²) in [5.74, 6) is -0.464. The highest BCUT2D eigenvalue weighted by molar-refractivity contribution is 6.09. The fourth-order valence-corrected chi connectivity index (χ4v) is 4.12. The summed E-state index contributed by atoms with van der Waals surface area (Å²) in [6.45, 7) is 1.14. The molecule has 0 aromatic heterocycles. The smallest absolute Gasteiger partial charge is 0.325 e. The van der Waals surface area contributed by atoms with E-state index in [9.17, 15) is 14.4 Å². The molecule has 0 radical (unpaired) electrons. The first kappa shape index (κ1) is 17.0. The zero-order chi connectivity index (χ0) is 18.1. The molecule has 3 aliphatic rings. The van der Waals surface area contributed by atoms with Crippen LogP contribution < -0.4 is 5.32 Å². The van der Waals surface area contributed by atoms with Crippen LogP contribution in [-0.2, 0) is 14.3 Å². The molecule has 1 N–H and O–H groups in total. The average molecular weight is 357 g/mol. The van der Waals surface area contributed by atoms with Crippen molar-refractivity contribution >= 4 is 17.8 Å². The Hall–Kier alpha value is -2.41. The minimum absolute atomic E-state index is 0.182. The quantitative estimate of drug-likeness (QED) is 0.831. The number of hydrogen-bond donors (Lipinski definition) is 1. The largest absolute Gasteiger partial charge is 0.370 e. The standard InChI is InChI=1S/C19H23N3O4/c23-16(13-22-17(24)19(20-18(22)25)8-4-5-9-19)21-10-11-26-15(12-21)14-6-2-1-3-7-14/h1-3,6-7,15H,4-5,8-13H2,(H,20,25). The van der Waals surface area contributed by atoms with Gasteiger partial charge in [0, 0.05) is 6.54 Å². The van der Waals surface area contributed by atoms with Gasteiger partial charge in [-0.2, -0.15) is 0 Å². The van der Waals surface area contributed by atoms with Gasteiger partial charge in [0.15, 0.2) is 0 Å². The lowest BCUT2D eigenvalue weighted by atomic mass is 9.98. The van der Waals surface area contributed by atoms with Crippen LogP contribution in [0.25, 0.3) is 0 Å². The summed E-state index contributed by atoms with van der Waals surface area (Å²) < 4.78 is 5.78. The number of carbonyl (C=O) groups is 3. The summed E-state index contributed by atoms with van der Waals surface area (Å²) in [4.78, 5) is 40.4. The number of ether oxygens (including phenoxy) is 1. The van der Waals surface area contributed by atoms with Crippen molar-refractivity contribution in [3.05, 3.63) is 35.9 Å². The number of carbonyl (C=O) groups excluding carboxylic acids is 3. The molecule has 2 saturated heterocycles. The topological polar surface area (TPSA) is 79.0 Å². The molecule has 3 fully saturated rings. The molecule has 138 valence electrons. The van der Waals surface area contributed by atoms with Crippen LogP contribution in [0.15, 0.2) is 30.3 Å². The van der Waals surface area contributed by atoms with Gasteiger partial charge in [-0.3, -0.25) is 14.5 Å². The molecule has 1 aromatic carbocycles. The van der Waals surface area contributed by atoms with Gasteiger partial charge in [0.1, 0.15) is 18.2 Å². The molecule has 2 aliphatic heterocycles. The summed E-state index contributed by atoms with van der Waals surface area (Å²) in [6, 6.07) is 9.31. The van der Waals surface area contributed by atoms with Gasteiger partial charge in [-0.25, -0.2) is 4.79 Å². The third-order valence-electron chi connectivity index (χ3n) is 5.59. The first-order valence-corrected chi connectivity index (χ1v) is 9.17. The molecule has 2 heterocycles. The minimum Gasteiger partial charge on any atom is -0.370 e. The van der Waals surface area contributed by atoms with Crippen LogP contribution in [0.2, 0.25) is 0 Å². The minimum atomic E-state index is -0.769. The van der Waals surface area contributed by atoms with E-state index in [1.807, 2.05) is 30.3 Å². The van der Waals surface area contributed by atoms with Crippen LogP contribution in [0.5, 0.6) is 0 Å². The number of hydrogen-bond acceptors (Lipinski definition) is 4. The maximum Gasteiger partial charge on any atom is 0.325 e. The van der Waals surface area contributed by atoms with Crippen molar-refractivity contribution in [1.29, 1.82) is 0 Å². The predicted molar refractivity (Wildman–Crippen MR) is 93.2 cm³/mol. The second-order valence-corrected chi connectivity index (χ2v) is 7.22. The number of morpholine rings is 1. The van der Waals surface area contributed by atoms with Crippen molar-refractivity contribution in [2.24, 2.45) is 0 Å². The fourth-order valence-electron chi connectivity index (χ4n) is 4.12. The highest BCUT2D eigenvalue weighted by atomic mass is 16.5. The Kier molecular flexibility index (Phi) is 4.40. The van der Waals surface area contributed by atoms with Crippen LogP contribution in [-0.4, -0.2) is 59.4 Å². The highest BCUT2D eigenvalue weighted by Crippen LogP contribution is 2.35. The molecule has 1 spiro atoms. The number of benzene rings is 1. The molecular formula is C19H23N3O4. The summed E-state index contributed by atoms with van der Waals surface area (Å²) >= 11 is 0. The molecule has 1 aliphatic carbocycles. The molecule has 1 aromatic rings. The first-order chi connectivity index (χ1) is 12.6. The van der Waals surface area contributed by atoms with Gasteiger partial charge in [0.05, 0.1) is 13.2 Å². The Morgan fingerprint density at radius 3 is 2.65 bits per heavy atom. The van der Waals surface area contributed by atoms with Gasteiger partial charge in [-0.05, 0) is 18.4 Å². The van der Waals surface area contributed by atoms with Crippen molar-refractivity contribution in [1.82, 2.24) is 15.1 Å². The van der Waals surface area contributed by atoms with E-state index < -0.39 is 11.6 Å². The average Bonchev–Trinajstić information content (AvgIpc) is 3.23. The Labute approximate surface area is 152 Å². The molecule has 7 nitrogen and oxygen atoms in total. The predicted octanol–water partition coefficient (Wildman–Crippen LogP) is 1.45. The van der Waals surface area contributed by atoms with Crippen molar-refractivity contribution in [3.63, 3.8) is 0 Å². The number of rotatable bonds is 3. The number of nitrogens with one attached hydrogen (secondary N) is 1. The van der Waals surface area contributed by atoms with Gasteiger partial charge in [-0.15, -0.1) is 0 Å². The number of urea groups is 1. The summed E-state index contributed by atoms with van der Waals surface area (Å²) in [5.41, 5.74) is 0.250. The van der Waals surface area contributed by atoms with Crippen molar-refractivity contribution in [3.8, 4) is 0 Å². The van der Waals surface area contributed by atoms with E-state index in [1.54, 1.807) is 4.90 Å². The lowest BCUT2D eigenvalue weighted by Gasteiger charge is -2.34. The molecule has 1 unspecified atom stereocenters. The fraction of sp³-hybridized carbons (Fsp3) is 0.526. The van der Waals surface area contributed by atoms with Crippen molar-refractivity contribution < 1.29 is 19.1 Å². The number of imide groups is 1. The molecule has 4 amide bonds. The third kappa shape index (κ3) is 2.96. The van der Waals surface area contributed by atoms with Crippen LogP contribution >= 0.6 is 0 Å². The maximum atomic E-state index is 12.7. The van der Waals surface area contributed by atoms with E-state index in [-0.39, 0.29) is 24.5 Å². The monoisotopic (exact) mass is 357 g/mol. The van der Waals surface area contributed by atoms with E-state index in [4.69, 9.17) is 4.74 Å². The second-order valence-electron chi connectivity index (χ2n) is 7.22. The van der Waals surface area contributed by atoms with E-state index in [0.717, 1.165) is 23.3 Å². The molecule has 7 heteroatoms. The lowest BCUT2D eigenvalue weighted by molar-refractivity contribution is -0.143. The second kappa shape index (κ2) is 6.72. The van der Waals surface area contributed by atoms with Gasteiger partial charge >= 0.3 is 6.03 Å². The molecule has 1 atom stereocenters. The van der Waals surface area contributed by atoms with Crippen LogP contribution in [0.3, 0.4) is 0 Å². The van der Waals surface area contributed by atoms with Gasteiger partial charge in [-0.1, -0.05) is 43.2 Å². The van der Waals surface area contributed by atoms with E-state index >= 15 is 0 Å². The zero-order valence-corrected chi connectivity index (χ0v) is 14.6. The SMILES string of the molecule is O=C(CN1C(=O)NC2(CCCC2)C1=O)N1CCOC(c2ccccc2)C1. The summed E-state index contributed by atoms with van der Waals surface area (Å²) in [5, 5.41) is 2.81. The Balaban J connectivity index is 1.41. The molecule has 4 rings (SSSR count). The van der Waals surface area contributed by atoms with E-state index in [1.165, 1.54) is 0 Å². The number of nitrogens with zero attached hydrogens (tertiary/aromatic N) is 2. The van der Waals surface area contributed by atoms with E-state index in [0.29, 0.717) is 32.5 Å². The molecule has 1 saturated carbocycles. The third-order valence-corrected chi connectivity index (χ3v) is 5.59. The molecular weight excluding hydrogens is 334 g/mol. The molecule has 26 heavy (non-hydrogen) atoms.